The molecule has 1 unspecified atom stereocenters. The van der Waals surface area contributed by atoms with E-state index < -0.39 is 0 Å². The first-order valence-corrected chi connectivity index (χ1v) is 5.63. The molecule has 0 saturated heterocycles. The van der Waals surface area contributed by atoms with E-state index in [9.17, 15) is 0 Å². The minimum absolute atomic E-state index is 0.281. The van der Waals surface area contributed by atoms with Crippen molar-refractivity contribution in [2.24, 2.45) is 0 Å². The summed E-state index contributed by atoms with van der Waals surface area (Å²) in [6, 6.07) is 5.68. The second-order valence-corrected chi connectivity index (χ2v) is 4.51. The zero-order valence-electron chi connectivity index (χ0n) is 7.93. The van der Waals surface area contributed by atoms with Gasteiger partial charge in [0.2, 0.25) is 0 Å². The van der Waals surface area contributed by atoms with Crippen LogP contribution in [0.15, 0.2) is 22.7 Å². The summed E-state index contributed by atoms with van der Waals surface area (Å²) in [4.78, 5) is 0. The van der Waals surface area contributed by atoms with Gasteiger partial charge >= 0.3 is 0 Å². The van der Waals surface area contributed by atoms with Crippen molar-refractivity contribution in [3.63, 3.8) is 0 Å². The predicted molar refractivity (Wildman–Crippen MR) is 63.9 cm³/mol. The van der Waals surface area contributed by atoms with Gasteiger partial charge in [-0.15, -0.1) is 0 Å². The highest BCUT2D eigenvalue weighted by Gasteiger charge is 2.00. The summed E-state index contributed by atoms with van der Waals surface area (Å²) in [5.74, 6) is 0. The maximum Gasteiger partial charge on any atom is 0.0648 e. The maximum atomic E-state index is 9.06. The Balaban J connectivity index is 2.51. The number of aliphatic hydroxyl groups is 1. The number of rotatable bonds is 4. The molecule has 4 heteroatoms. The Morgan fingerprint density at radius 2 is 2.29 bits per heavy atom. The molecule has 14 heavy (non-hydrogen) atoms. The van der Waals surface area contributed by atoms with Crippen LogP contribution in [0.3, 0.4) is 0 Å². The van der Waals surface area contributed by atoms with Gasteiger partial charge in [-0.25, -0.2) is 0 Å². The predicted octanol–water partition coefficient (Wildman–Crippen LogP) is 3.29. The number of hydrogen-bond acceptors (Lipinski definition) is 2. The van der Waals surface area contributed by atoms with E-state index in [1.165, 1.54) is 0 Å². The van der Waals surface area contributed by atoms with Crippen LogP contribution in [-0.4, -0.2) is 17.8 Å². The molecule has 0 spiro atoms. The Kier molecular flexibility index (Phi) is 4.72. The lowest BCUT2D eigenvalue weighted by Gasteiger charge is -2.09. The van der Waals surface area contributed by atoms with Crippen molar-refractivity contribution in [2.45, 2.75) is 19.4 Å². The zero-order valence-corrected chi connectivity index (χ0v) is 10.3. The molecule has 1 aromatic rings. The Morgan fingerprint density at radius 3 is 2.86 bits per heavy atom. The first kappa shape index (κ1) is 11.8. The molecule has 1 aromatic carbocycles. The molecule has 0 heterocycles. The van der Waals surface area contributed by atoms with E-state index in [1.807, 2.05) is 18.2 Å². The summed E-state index contributed by atoms with van der Waals surface area (Å²) in [5, 5.41) is 12.9. The number of anilines is 1. The fourth-order valence-electron chi connectivity index (χ4n) is 1.05. The molecule has 0 aromatic heterocycles. The highest BCUT2D eigenvalue weighted by atomic mass is 79.9. The van der Waals surface area contributed by atoms with Crippen molar-refractivity contribution < 1.29 is 5.11 Å². The van der Waals surface area contributed by atoms with Gasteiger partial charge in [-0.2, -0.15) is 0 Å². The number of nitrogens with one attached hydrogen (secondary N) is 1. The van der Waals surface area contributed by atoms with Gasteiger partial charge in [0.25, 0.3) is 0 Å². The molecule has 2 N–H and O–H groups in total. The van der Waals surface area contributed by atoms with E-state index in [2.05, 4.69) is 21.2 Å². The molecular weight excluding hydrogens is 265 g/mol. The van der Waals surface area contributed by atoms with E-state index in [1.54, 1.807) is 6.92 Å². The van der Waals surface area contributed by atoms with Crippen LogP contribution >= 0.6 is 27.5 Å². The van der Waals surface area contributed by atoms with Crippen molar-refractivity contribution in [2.75, 3.05) is 11.9 Å². The topological polar surface area (TPSA) is 32.3 Å². The van der Waals surface area contributed by atoms with Crippen molar-refractivity contribution in [1.29, 1.82) is 0 Å². The highest BCUT2D eigenvalue weighted by Crippen LogP contribution is 2.25. The highest BCUT2D eigenvalue weighted by molar-refractivity contribution is 9.10. The minimum atomic E-state index is -0.281. The normalized spacial score (nSPS) is 12.6. The quantitative estimate of drug-likeness (QED) is 0.886. The second kappa shape index (κ2) is 5.59. The molecule has 0 bridgehead atoms. The lowest BCUT2D eigenvalue weighted by atomic mass is 10.2. The summed E-state index contributed by atoms with van der Waals surface area (Å²) >= 11 is 9.33. The Morgan fingerprint density at radius 1 is 1.57 bits per heavy atom. The van der Waals surface area contributed by atoms with E-state index in [-0.39, 0.29) is 6.10 Å². The van der Waals surface area contributed by atoms with Crippen LogP contribution in [0.2, 0.25) is 5.02 Å². The summed E-state index contributed by atoms with van der Waals surface area (Å²) < 4.78 is 0.962. The number of benzene rings is 1. The lowest BCUT2D eigenvalue weighted by molar-refractivity contribution is 0.189. The van der Waals surface area contributed by atoms with Gasteiger partial charge in [0, 0.05) is 11.0 Å². The van der Waals surface area contributed by atoms with Crippen LogP contribution in [0, 0.1) is 0 Å². The Bertz CT molecular complexity index is 304. The average molecular weight is 279 g/mol. The maximum absolute atomic E-state index is 9.06. The van der Waals surface area contributed by atoms with Crippen molar-refractivity contribution >= 4 is 33.2 Å². The van der Waals surface area contributed by atoms with E-state index >= 15 is 0 Å². The monoisotopic (exact) mass is 277 g/mol. The summed E-state index contributed by atoms with van der Waals surface area (Å²) in [5.41, 5.74) is 0.899. The summed E-state index contributed by atoms with van der Waals surface area (Å²) in [7, 11) is 0. The van der Waals surface area contributed by atoms with E-state index in [0.717, 1.165) is 16.7 Å². The van der Waals surface area contributed by atoms with Gasteiger partial charge in [0.1, 0.15) is 0 Å². The largest absolute Gasteiger partial charge is 0.393 e. The fraction of sp³-hybridized carbons (Fsp3) is 0.400. The molecule has 78 valence electrons. The average Bonchev–Trinajstić information content (AvgIpc) is 2.08. The third-order valence-electron chi connectivity index (χ3n) is 1.81. The Labute approximate surface area is 97.4 Å². The molecule has 2 nitrogen and oxygen atoms in total. The number of hydrogen-bond donors (Lipinski definition) is 2. The van der Waals surface area contributed by atoms with Crippen molar-refractivity contribution in [3.8, 4) is 0 Å². The first-order valence-electron chi connectivity index (χ1n) is 4.46. The van der Waals surface area contributed by atoms with Crippen LogP contribution < -0.4 is 5.32 Å². The Hall–Kier alpha value is -0.250. The molecule has 0 aliphatic carbocycles. The van der Waals surface area contributed by atoms with Crippen LogP contribution in [0.25, 0.3) is 0 Å². The minimum Gasteiger partial charge on any atom is -0.393 e. The molecule has 0 amide bonds. The van der Waals surface area contributed by atoms with Gasteiger partial charge in [-0.3, -0.25) is 0 Å². The van der Waals surface area contributed by atoms with Gasteiger partial charge in [0.15, 0.2) is 0 Å². The molecular formula is C10H13BrClNO. The molecule has 0 saturated carbocycles. The van der Waals surface area contributed by atoms with Crippen molar-refractivity contribution in [3.05, 3.63) is 27.7 Å². The van der Waals surface area contributed by atoms with Gasteiger partial charge in [-0.05, 0) is 31.5 Å². The molecule has 1 rings (SSSR count). The van der Waals surface area contributed by atoms with Crippen LogP contribution in [0.4, 0.5) is 5.69 Å². The second-order valence-electron chi connectivity index (χ2n) is 3.19. The summed E-state index contributed by atoms with van der Waals surface area (Å²) in [6.07, 6.45) is 0.434. The lowest BCUT2D eigenvalue weighted by Crippen LogP contribution is -2.09. The smallest absolute Gasteiger partial charge is 0.0648 e. The summed E-state index contributed by atoms with van der Waals surface area (Å²) in [6.45, 7) is 2.49. The molecule has 0 aliphatic rings. The first-order chi connectivity index (χ1) is 6.59. The van der Waals surface area contributed by atoms with Gasteiger partial charge in [0.05, 0.1) is 16.8 Å². The van der Waals surface area contributed by atoms with Crippen LogP contribution in [0.1, 0.15) is 13.3 Å². The van der Waals surface area contributed by atoms with Crippen LogP contribution in [0.5, 0.6) is 0 Å². The SMILES string of the molecule is CC(O)CCNc1ccc(Br)cc1Cl. The molecule has 1 atom stereocenters. The molecule has 0 fully saturated rings. The third-order valence-corrected chi connectivity index (χ3v) is 2.61. The molecule has 0 aliphatic heterocycles. The number of halogens is 2. The van der Waals surface area contributed by atoms with E-state index in [4.69, 9.17) is 16.7 Å². The van der Waals surface area contributed by atoms with Gasteiger partial charge < -0.3 is 10.4 Å². The van der Waals surface area contributed by atoms with E-state index in [0.29, 0.717) is 11.4 Å². The zero-order chi connectivity index (χ0) is 10.6. The number of aliphatic hydroxyl groups excluding tert-OH is 1. The van der Waals surface area contributed by atoms with Crippen molar-refractivity contribution in [1.82, 2.24) is 0 Å². The standard InChI is InChI=1S/C10H13BrClNO/c1-7(14)4-5-13-10-3-2-8(11)6-9(10)12/h2-3,6-7,13-14H,4-5H2,1H3. The fourth-order valence-corrected chi connectivity index (χ4v) is 1.79. The van der Waals surface area contributed by atoms with Gasteiger partial charge in [-0.1, -0.05) is 27.5 Å². The third kappa shape index (κ3) is 3.86. The molecule has 0 radical (unpaired) electrons. The van der Waals surface area contributed by atoms with Crippen LogP contribution in [-0.2, 0) is 0 Å².